The number of amides is 1. The van der Waals surface area contributed by atoms with Crippen LogP contribution in [0.2, 0.25) is 10.0 Å². The second-order valence-electron chi connectivity index (χ2n) is 9.25. The lowest BCUT2D eigenvalue weighted by molar-refractivity contribution is -0.132. The first kappa shape index (κ1) is 27.3. The van der Waals surface area contributed by atoms with Gasteiger partial charge in [0.2, 0.25) is 5.91 Å². The van der Waals surface area contributed by atoms with Gasteiger partial charge in [0.05, 0.1) is 7.11 Å². The molecule has 7 heteroatoms. The fraction of sp³-hybridized carbons (Fsp3) is 0.429. The predicted octanol–water partition coefficient (Wildman–Crippen LogP) is 7.11. The molecule has 188 valence electrons. The van der Waals surface area contributed by atoms with Crippen LogP contribution < -0.4 is 5.48 Å². The quantitative estimate of drug-likeness (QED) is 0.149. The number of rotatable bonds is 13. The van der Waals surface area contributed by atoms with Crippen molar-refractivity contribution < 1.29 is 14.4 Å². The molecule has 1 atom stereocenters. The lowest BCUT2D eigenvalue weighted by Crippen LogP contribution is -2.24. The smallest absolute Gasteiger partial charge is 0.243 e. The molecule has 1 aromatic heterocycles. The number of nitrogens with zero attached hydrogens (tertiary/aromatic N) is 1. The first-order valence-corrected chi connectivity index (χ1v) is 12.9. The number of carbonyl (C=O) groups excluding carboxylic acids is 2. The largest absolute Gasteiger partial charge is 0.347 e. The molecule has 0 aliphatic heterocycles. The second kappa shape index (κ2) is 13.1. The molecule has 0 saturated heterocycles. The highest BCUT2D eigenvalue weighted by atomic mass is 35.5. The van der Waals surface area contributed by atoms with Gasteiger partial charge < -0.3 is 4.57 Å². The van der Waals surface area contributed by atoms with Gasteiger partial charge >= 0.3 is 0 Å². The lowest BCUT2D eigenvalue weighted by atomic mass is 9.94. The molecule has 0 bridgehead atoms. The highest BCUT2D eigenvalue weighted by Gasteiger charge is 2.23. The molecule has 5 nitrogen and oxygen atoms in total. The Labute approximate surface area is 217 Å². The van der Waals surface area contributed by atoms with Crippen LogP contribution in [-0.4, -0.2) is 23.4 Å². The number of hydrogen-bond acceptors (Lipinski definition) is 3. The number of carbonyl (C=O) groups is 2. The van der Waals surface area contributed by atoms with E-state index < -0.39 is 0 Å². The number of unbranched alkanes of at least 4 members (excludes halogenated alkanes) is 3. The average molecular weight is 517 g/mol. The van der Waals surface area contributed by atoms with E-state index in [-0.39, 0.29) is 30.4 Å². The first-order chi connectivity index (χ1) is 16.8. The summed E-state index contributed by atoms with van der Waals surface area (Å²) in [5.74, 6) is -0.287. The van der Waals surface area contributed by atoms with Gasteiger partial charge in [-0.1, -0.05) is 55.1 Å². The number of nitrogens with one attached hydrogen (secondary N) is 1. The van der Waals surface area contributed by atoms with Gasteiger partial charge in [-0.25, -0.2) is 5.48 Å². The molecule has 2 aromatic carbocycles. The number of ketones is 1. The van der Waals surface area contributed by atoms with Crippen LogP contribution in [-0.2, 0) is 29.5 Å². The van der Waals surface area contributed by atoms with E-state index >= 15 is 0 Å². The van der Waals surface area contributed by atoms with E-state index in [0.29, 0.717) is 5.02 Å². The van der Waals surface area contributed by atoms with Crippen molar-refractivity contribution in [3.05, 3.63) is 69.3 Å². The number of aromatic nitrogens is 1. The monoisotopic (exact) mass is 516 g/mol. The third kappa shape index (κ3) is 7.57. The molecule has 0 fully saturated rings. The predicted molar refractivity (Wildman–Crippen MR) is 143 cm³/mol. The SMILES string of the molecule is CONC(=O)C[C@H](C)CC(=O)c1c(CCCCCCc2cccc(Cl)c2)n(C)c2ccc(Cl)cc12. The summed E-state index contributed by atoms with van der Waals surface area (Å²) in [5.41, 5.74) is 6.36. The molecular weight excluding hydrogens is 483 g/mol. The van der Waals surface area contributed by atoms with Crippen molar-refractivity contribution in [1.82, 2.24) is 10.0 Å². The van der Waals surface area contributed by atoms with Gasteiger partial charge in [0.1, 0.15) is 0 Å². The number of fused-ring (bicyclic) bond motifs is 1. The second-order valence-corrected chi connectivity index (χ2v) is 10.1. The van der Waals surface area contributed by atoms with Crippen LogP contribution in [0.1, 0.15) is 67.1 Å². The van der Waals surface area contributed by atoms with E-state index in [4.69, 9.17) is 23.2 Å². The van der Waals surface area contributed by atoms with Crippen molar-refractivity contribution in [1.29, 1.82) is 0 Å². The molecule has 0 aliphatic rings. The standard InChI is InChI=1S/C28H34Cl2N2O3/c1-19(16-27(34)31-35-3)15-26(33)28-23-18-22(30)13-14-24(23)32(2)25(28)12-7-5-4-6-9-20-10-8-11-21(29)17-20/h8,10-11,13-14,17-19H,4-7,9,12,15-16H2,1-3H3,(H,31,34)/t19-/m1/s1. The van der Waals surface area contributed by atoms with Crippen molar-refractivity contribution in [2.45, 2.75) is 58.3 Å². The third-order valence-electron chi connectivity index (χ3n) is 6.36. The Hall–Kier alpha value is -2.34. The van der Waals surface area contributed by atoms with Crippen LogP contribution in [0.5, 0.6) is 0 Å². The molecule has 1 N–H and O–H groups in total. The van der Waals surface area contributed by atoms with Gasteiger partial charge in [-0.05, 0) is 67.5 Å². The zero-order valence-electron chi connectivity index (χ0n) is 20.7. The van der Waals surface area contributed by atoms with Crippen molar-refractivity contribution in [2.75, 3.05) is 7.11 Å². The number of hydrogen-bond donors (Lipinski definition) is 1. The van der Waals surface area contributed by atoms with Crippen LogP contribution >= 0.6 is 23.2 Å². The summed E-state index contributed by atoms with van der Waals surface area (Å²) in [5, 5.41) is 2.27. The van der Waals surface area contributed by atoms with Gasteiger partial charge in [0.25, 0.3) is 0 Å². The molecule has 0 aliphatic carbocycles. The Kier molecular flexibility index (Phi) is 10.2. The molecule has 0 radical (unpaired) electrons. The Morgan fingerprint density at radius 3 is 2.40 bits per heavy atom. The first-order valence-electron chi connectivity index (χ1n) is 12.2. The summed E-state index contributed by atoms with van der Waals surface area (Å²) in [7, 11) is 3.41. The number of benzene rings is 2. The van der Waals surface area contributed by atoms with E-state index in [1.54, 1.807) is 0 Å². The van der Waals surface area contributed by atoms with Crippen molar-refractivity contribution in [3.8, 4) is 0 Å². The van der Waals surface area contributed by atoms with Gasteiger partial charge in [-0.2, -0.15) is 0 Å². The van der Waals surface area contributed by atoms with E-state index in [1.807, 2.05) is 50.4 Å². The van der Waals surface area contributed by atoms with Crippen LogP contribution in [0.3, 0.4) is 0 Å². The zero-order valence-corrected chi connectivity index (χ0v) is 22.2. The Morgan fingerprint density at radius 2 is 1.69 bits per heavy atom. The van der Waals surface area contributed by atoms with Crippen molar-refractivity contribution in [3.63, 3.8) is 0 Å². The van der Waals surface area contributed by atoms with E-state index in [0.717, 1.165) is 65.7 Å². The average Bonchev–Trinajstić information content (AvgIpc) is 3.07. The third-order valence-corrected chi connectivity index (χ3v) is 6.83. The molecule has 0 saturated carbocycles. The summed E-state index contributed by atoms with van der Waals surface area (Å²) < 4.78 is 2.12. The number of halogens is 2. The van der Waals surface area contributed by atoms with Gasteiger partial charge in [0, 0.05) is 52.1 Å². The summed E-state index contributed by atoms with van der Waals surface area (Å²) in [6, 6.07) is 13.7. The minimum atomic E-state index is -0.230. The highest BCUT2D eigenvalue weighted by Crippen LogP contribution is 2.31. The minimum absolute atomic E-state index is 0.0477. The number of aryl methyl sites for hydroxylation is 2. The number of hydroxylamine groups is 1. The van der Waals surface area contributed by atoms with Crippen LogP contribution in [0.4, 0.5) is 0 Å². The highest BCUT2D eigenvalue weighted by molar-refractivity contribution is 6.31. The maximum Gasteiger partial charge on any atom is 0.243 e. The van der Waals surface area contributed by atoms with E-state index in [9.17, 15) is 9.59 Å². The van der Waals surface area contributed by atoms with E-state index in [2.05, 4.69) is 21.0 Å². The summed E-state index contributed by atoms with van der Waals surface area (Å²) in [6.45, 7) is 1.91. The van der Waals surface area contributed by atoms with Gasteiger partial charge in [0.15, 0.2) is 5.78 Å². The molecule has 1 heterocycles. The molecule has 1 amide bonds. The Bertz CT molecular complexity index is 1170. The normalized spacial score (nSPS) is 12.1. The molecule has 35 heavy (non-hydrogen) atoms. The van der Waals surface area contributed by atoms with Gasteiger partial charge in [-0.3, -0.25) is 14.4 Å². The maximum atomic E-state index is 13.4. The molecule has 0 spiro atoms. The maximum absolute atomic E-state index is 13.4. The van der Waals surface area contributed by atoms with Crippen LogP contribution in [0, 0.1) is 5.92 Å². The van der Waals surface area contributed by atoms with Crippen LogP contribution in [0.25, 0.3) is 10.9 Å². The topological polar surface area (TPSA) is 60.3 Å². The fourth-order valence-corrected chi connectivity index (χ4v) is 5.09. The molecule has 3 aromatic rings. The fourth-order valence-electron chi connectivity index (χ4n) is 4.70. The number of Topliss-reactive ketones (excluding diaryl/α,β-unsaturated/α-hetero) is 1. The molecule has 0 unspecified atom stereocenters. The zero-order chi connectivity index (χ0) is 25.4. The summed E-state index contributed by atoms with van der Waals surface area (Å²) >= 11 is 12.4. The Balaban J connectivity index is 1.66. The summed E-state index contributed by atoms with van der Waals surface area (Å²) in [6.07, 6.45) is 6.67. The van der Waals surface area contributed by atoms with Crippen LogP contribution in [0.15, 0.2) is 42.5 Å². The van der Waals surface area contributed by atoms with Crippen molar-refractivity contribution >= 4 is 45.8 Å². The molecule has 3 rings (SSSR count). The van der Waals surface area contributed by atoms with E-state index in [1.165, 1.54) is 12.7 Å². The minimum Gasteiger partial charge on any atom is -0.347 e. The van der Waals surface area contributed by atoms with Crippen molar-refractivity contribution in [2.24, 2.45) is 13.0 Å². The summed E-state index contributed by atoms with van der Waals surface area (Å²) in [4.78, 5) is 30.0. The Morgan fingerprint density at radius 1 is 0.971 bits per heavy atom. The van der Waals surface area contributed by atoms with Gasteiger partial charge in [-0.15, -0.1) is 0 Å². The lowest BCUT2D eigenvalue weighted by Gasteiger charge is -2.12. The molecular formula is C28H34Cl2N2O3.